The standard InChI is InChI=1S/C13H21N3OS2/c1-13(2,3)19-9-8-15-12(18)16-11-10(17-4)6-5-7-14-11/h5-7H,8-9H2,1-4H3,(H2,14,15,16,18). The van der Waals surface area contributed by atoms with Crippen molar-refractivity contribution in [3.63, 3.8) is 0 Å². The highest BCUT2D eigenvalue weighted by molar-refractivity contribution is 8.00. The summed E-state index contributed by atoms with van der Waals surface area (Å²) in [6.07, 6.45) is 1.70. The molecular formula is C13H21N3OS2. The van der Waals surface area contributed by atoms with Crippen molar-refractivity contribution in [1.29, 1.82) is 0 Å². The van der Waals surface area contributed by atoms with Gasteiger partial charge >= 0.3 is 0 Å². The van der Waals surface area contributed by atoms with Gasteiger partial charge in [-0.1, -0.05) is 20.8 Å². The number of ether oxygens (including phenoxy) is 1. The summed E-state index contributed by atoms with van der Waals surface area (Å²) >= 11 is 7.12. The Morgan fingerprint density at radius 3 is 2.84 bits per heavy atom. The fraction of sp³-hybridized carbons (Fsp3) is 0.538. The molecule has 0 saturated carbocycles. The Morgan fingerprint density at radius 1 is 1.47 bits per heavy atom. The van der Waals surface area contributed by atoms with Crippen LogP contribution in [0.2, 0.25) is 0 Å². The SMILES string of the molecule is COc1cccnc1NC(=S)NCCSC(C)(C)C. The first kappa shape index (κ1) is 16.0. The Kier molecular flexibility index (Phi) is 6.37. The largest absolute Gasteiger partial charge is 0.493 e. The first-order valence-corrected chi connectivity index (χ1v) is 7.49. The fourth-order valence-corrected chi connectivity index (χ4v) is 2.34. The zero-order valence-corrected chi connectivity index (χ0v) is 13.5. The lowest BCUT2D eigenvalue weighted by Crippen LogP contribution is -2.31. The Morgan fingerprint density at radius 2 is 2.21 bits per heavy atom. The summed E-state index contributed by atoms with van der Waals surface area (Å²) in [5, 5.41) is 6.75. The van der Waals surface area contributed by atoms with E-state index in [1.54, 1.807) is 13.3 Å². The molecule has 0 fully saturated rings. The van der Waals surface area contributed by atoms with E-state index in [4.69, 9.17) is 17.0 Å². The molecule has 0 aromatic carbocycles. The molecule has 1 aromatic rings. The maximum Gasteiger partial charge on any atom is 0.174 e. The van der Waals surface area contributed by atoms with Crippen LogP contribution < -0.4 is 15.4 Å². The normalized spacial score (nSPS) is 10.9. The highest BCUT2D eigenvalue weighted by Gasteiger charge is 2.10. The number of hydrogen-bond acceptors (Lipinski definition) is 4. The van der Waals surface area contributed by atoms with Crippen LogP contribution >= 0.6 is 24.0 Å². The van der Waals surface area contributed by atoms with Gasteiger partial charge in [0.05, 0.1) is 7.11 Å². The van der Waals surface area contributed by atoms with Gasteiger partial charge in [-0.2, -0.15) is 11.8 Å². The summed E-state index contributed by atoms with van der Waals surface area (Å²) in [7, 11) is 1.61. The molecule has 0 unspecified atom stereocenters. The van der Waals surface area contributed by atoms with Crippen molar-refractivity contribution in [1.82, 2.24) is 10.3 Å². The number of nitrogens with one attached hydrogen (secondary N) is 2. The van der Waals surface area contributed by atoms with Gasteiger partial charge in [-0.3, -0.25) is 0 Å². The van der Waals surface area contributed by atoms with Gasteiger partial charge in [-0.15, -0.1) is 0 Å². The number of thioether (sulfide) groups is 1. The molecular weight excluding hydrogens is 278 g/mol. The van der Waals surface area contributed by atoms with Crippen LogP contribution in [0.1, 0.15) is 20.8 Å². The van der Waals surface area contributed by atoms with Crippen molar-refractivity contribution < 1.29 is 4.74 Å². The second-order valence-corrected chi connectivity index (χ2v) is 7.23. The van der Waals surface area contributed by atoms with E-state index in [0.29, 0.717) is 16.7 Å². The minimum absolute atomic E-state index is 0.279. The molecule has 106 valence electrons. The third kappa shape index (κ3) is 6.63. The maximum atomic E-state index is 5.22. The Labute approximate surface area is 124 Å². The summed E-state index contributed by atoms with van der Waals surface area (Å²) in [5.74, 6) is 2.31. The maximum absolute atomic E-state index is 5.22. The van der Waals surface area contributed by atoms with E-state index in [-0.39, 0.29) is 4.75 Å². The molecule has 1 rings (SSSR count). The van der Waals surface area contributed by atoms with Crippen LogP contribution in [0.5, 0.6) is 5.75 Å². The highest BCUT2D eigenvalue weighted by Crippen LogP contribution is 2.22. The van der Waals surface area contributed by atoms with Crippen LogP contribution in [0, 0.1) is 0 Å². The van der Waals surface area contributed by atoms with Crippen molar-refractivity contribution in [2.45, 2.75) is 25.5 Å². The summed E-state index contributed by atoms with van der Waals surface area (Å²) in [6.45, 7) is 7.43. The molecule has 0 aliphatic heterocycles. The van der Waals surface area contributed by atoms with E-state index in [0.717, 1.165) is 12.3 Å². The zero-order chi connectivity index (χ0) is 14.3. The Hall–Kier alpha value is -1.01. The number of aromatic nitrogens is 1. The van der Waals surface area contributed by atoms with Gasteiger partial charge in [0.15, 0.2) is 16.7 Å². The molecule has 6 heteroatoms. The van der Waals surface area contributed by atoms with Crippen molar-refractivity contribution in [3.05, 3.63) is 18.3 Å². The summed E-state index contributed by atoms with van der Waals surface area (Å²) < 4.78 is 5.48. The fourth-order valence-electron chi connectivity index (χ4n) is 1.32. The monoisotopic (exact) mass is 299 g/mol. The lowest BCUT2D eigenvalue weighted by atomic mass is 10.3. The zero-order valence-electron chi connectivity index (χ0n) is 11.8. The summed E-state index contributed by atoms with van der Waals surface area (Å²) in [6, 6.07) is 3.66. The smallest absolute Gasteiger partial charge is 0.174 e. The third-order valence-electron chi connectivity index (χ3n) is 2.15. The number of methoxy groups -OCH3 is 1. The topological polar surface area (TPSA) is 46.2 Å². The number of anilines is 1. The quantitative estimate of drug-likeness (QED) is 0.644. The van der Waals surface area contributed by atoms with Gasteiger partial charge in [0, 0.05) is 23.2 Å². The molecule has 1 aromatic heterocycles. The molecule has 0 aliphatic rings. The number of thiocarbonyl (C=S) groups is 1. The number of rotatable bonds is 5. The van der Waals surface area contributed by atoms with E-state index in [9.17, 15) is 0 Å². The van der Waals surface area contributed by atoms with Crippen LogP contribution in [0.15, 0.2) is 18.3 Å². The van der Waals surface area contributed by atoms with E-state index >= 15 is 0 Å². The average molecular weight is 299 g/mol. The molecule has 2 N–H and O–H groups in total. The van der Waals surface area contributed by atoms with Crippen molar-refractivity contribution in [3.8, 4) is 5.75 Å². The first-order valence-electron chi connectivity index (χ1n) is 6.10. The minimum Gasteiger partial charge on any atom is -0.493 e. The molecule has 0 aliphatic carbocycles. The van der Waals surface area contributed by atoms with Gasteiger partial charge in [0.25, 0.3) is 0 Å². The van der Waals surface area contributed by atoms with E-state index in [1.807, 2.05) is 23.9 Å². The number of hydrogen-bond donors (Lipinski definition) is 2. The average Bonchev–Trinajstić information content (AvgIpc) is 2.34. The summed E-state index contributed by atoms with van der Waals surface area (Å²) in [5.41, 5.74) is 0. The van der Waals surface area contributed by atoms with Crippen LogP contribution in [0.25, 0.3) is 0 Å². The Bertz CT molecular complexity index is 419. The molecule has 0 atom stereocenters. The van der Waals surface area contributed by atoms with Crippen LogP contribution in [-0.4, -0.2) is 34.3 Å². The van der Waals surface area contributed by atoms with Crippen LogP contribution in [0.4, 0.5) is 5.82 Å². The molecule has 0 amide bonds. The molecule has 1 heterocycles. The van der Waals surface area contributed by atoms with E-state index in [2.05, 4.69) is 36.4 Å². The lowest BCUT2D eigenvalue weighted by Gasteiger charge is -2.18. The van der Waals surface area contributed by atoms with E-state index in [1.165, 1.54) is 0 Å². The van der Waals surface area contributed by atoms with Crippen molar-refractivity contribution >= 4 is 34.9 Å². The number of nitrogens with zero attached hydrogens (tertiary/aromatic N) is 1. The second kappa shape index (κ2) is 7.55. The van der Waals surface area contributed by atoms with Crippen molar-refractivity contribution in [2.75, 3.05) is 24.7 Å². The van der Waals surface area contributed by atoms with E-state index < -0.39 is 0 Å². The first-order chi connectivity index (χ1) is 8.92. The molecule has 0 radical (unpaired) electrons. The van der Waals surface area contributed by atoms with Crippen LogP contribution in [0.3, 0.4) is 0 Å². The highest BCUT2D eigenvalue weighted by atomic mass is 32.2. The van der Waals surface area contributed by atoms with Gasteiger partial charge in [0.2, 0.25) is 0 Å². The van der Waals surface area contributed by atoms with Crippen LogP contribution in [-0.2, 0) is 0 Å². The third-order valence-corrected chi connectivity index (χ3v) is 3.67. The molecule has 19 heavy (non-hydrogen) atoms. The lowest BCUT2D eigenvalue weighted by molar-refractivity contribution is 0.415. The van der Waals surface area contributed by atoms with Gasteiger partial charge in [-0.05, 0) is 24.4 Å². The predicted molar refractivity (Wildman–Crippen MR) is 87.2 cm³/mol. The van der Waals surface area contributed by atoms with Gasteiger partial charge in [-0.25, -0.2) is 4.98 Å². The Balaban J connectivity index is 2.35. The van der Waals surface area contributed by atoms with Gasteiger partial charge < -0.3 is 15.4 Å². The van der Waals surface area contributed by atoms with Crippen molar-refractivity contribution in [2.24, 2.45) is 0 Å². The van der Waals surface area contributed by atoms with Gasteiger partial charge in [0.1, 0.15) is 0 Å². The molecule has 4 nitrogen and oxygen atoms in total. The second-order valence-electron chi connectivity index (χ2n) is 4.90. The molecule has 0 spiro atoms. The molecule has 0 saturated heterocycles. The predicted octanol–water partition coefficient (Wildman–Crippen LogP) is 2.91. The minimum atomic E-state index is 0.279. The summed E-state index contributed by atoms with van der Waals surface area (Å²) in [4.78, 5) is 4.19. The number of pyridine rings is 1. The molecule has 0 bridgehead atoms.